The van der Waals surface area contributed by atoms with Gasteiger partial charge in [-0.3, -0.25) is 0 Å². The first kappa shape index (κ1) is 11.5. The first-order valence-corrected chi connectivity index (χ1v) is 6.79. The van der Waals surface area contributed by atoms with Gasteiger partial charge in [-0.05, 0) is 46.1 Å². The van der Waals surface area contributed by atoms with Gasteiger partial charge >= 0.3 is 0 Å². The number of nitrogens with one attached hydrogen (secondary N) is 1. The number of nitrogens with zero attached hydrogens (tertiary/aromatic N) is 1. The Hall–Kier alpha value is -1.61. The van der Waals surface area contributed by atoms with Gasteiger partial charge in [-0.1, -0.05) is 30.3 Å². The van der Waals surface area contributed by atoms with E-state index in [0.717, 1.165) is 34.5 Å². The minimum Gasteiger partial charge on any atom is -0.343 e. The maximum Gasteiger partial charge on any atom is 0.107 e. The molecule has 3 rings (SSSR count). The third-order valence-electron chi connectivity index (χ3n) is 3.03. The van der Waals surface area contributed by atoms with Crippen LogP contribution in [0.3, 0.4) is 0 Å². The average molecular weight is 301 g/mol. The molecule has 1 aliphatic rings. The SMILES string of the molecule is Brc1ccccc1NC1=Nc2ccccc2CC1. The first-order chi connectivity index (χ1) is 8.83. The van der Waals surface area contributed by atoms with Crippen LogP contribution in [0.4, 0.5) is 11.4 Å². The lowest BCUT2D eigenvalue weighted by molar-refractivity contribution is 1.00. The number of benzene rings is 2. The molecule has 18 heavy (non-hydrogen) atoms. The Morgan fingerprint density at radius 2 is 1.72 bits per heavy atom. The number of hydrogen-bond acceptors (Lipinski definition) is 2. The van der Waals surface area contributed by atoms with Gasteiger partial charge in [0.1, 0.15) is 5.84 Å². The zero-order valence-electron chi connectivity index (χ0n) is 9.86. The van der Waals surface area contributed by atoms with Crippen LogP contribution in [-0.2, 0) is 6.42 Å². The highest BCUT2D eigenvalue weighted by atomic mass is 79.9. The van der Waals surface area contributed by atoms with E-state index < -0.39 is 0 Å². The fraction of sp³-hybridized carbons (Fsp3) is 0.133. The van der Waals surface area contributed by atoms with E-state index in [9.17, 15) is 0 Å². The zero-order valence-corrected chi connectivity index (χ0v) is 11.4. The number of anilines is 1. The molecule has 0 saturated heterocycles. The molecule has 0 unspecified atom stereocenters. The lowest BCUT2D eigenvalue weighted by Crippen LogP contribution is -2.16. The molecule has 0 aliphatic carbocycles. The van der Waals surface area contributed by atoms with Gasteiger partial charge in [0.2, 0.25) is 0 Å². The Balaban J connectivity index is 1.88. The molecule has 0 bridgehead atoms. The molecule has 1 heterocycles. The number of para-hydroxylation sites is 2. The molecule has 0 radical (unpaired) electrons. The largest absolute Gasteiger partial charge is 0.343 e. The number of rotatable bonds is 1. The van der Waals surface area contributed by atoms with Crippen molar-refractivity contribution in [1.82, 2.24) is 0 Å². The summed E-state index contributed by atoms with van der Waals surface area (Å²) in [5, 5.41) is 3.39. The van der Waals surface area contributed by atoms with Crippen molar-refractivity contribution < 1.29 is 0 Å². The third-order valence-corrected chi connectivity index (χ3v) is 3.72. The molecule has 2 nitrogen and oxygen atoms in total. The molecule has 0 aromatic heterocycles. The van der Waals surface area contributed by atoms with Crippen molar-refractivity contribution in [2.75, 3.05) is 5.32 Å². The molecule has 0 spiro atoms. The van der Waals surface area contributed by atoms with Crippen LogP contribution in [0.5, 0.6) is 0 Å². The molecule has 2 aromatic carbocycles. The molecule has 3 heteroatoms. The lowest BCUT2D eigenvalue weighted by Gasteiger charge is -2.17. The lowest BCUT2D eigenvalue weighted by atomic mass is 10.0. The van der Waals surface area contributed by atoms with Crippen LogP contribution >= 0.6 is 15.9 Å². The molecule has 0 amide bonds. The van der Waals surface area contributed by atoms with E-state index in [0.29, 0.717) is 0 Å². The summed E-state index contributed by atoms with van der Waals surface area (Å²) < 4.78 is 1.06. The summed E-state index contributed by atoms with van der Waals surface area (Å²) in [6.45, 7) is 0. The van der Waals surface area contributed by atoms with Crippen molar-refractivity contribution >= 4 is 33.1 Å². The van der Waals surface area contributed by atoms with Gasteiger partial charge in [0.05, 0.1) is 11.4 Å². The summed E-state index contributed by atoms with van der Waals surface area (Å²) in [7, 11) is 0. The predicted octanol–water partition coefficient (Wildman–Crippen LogP) is 4.54. The van der Waals surface area contributed by atoms with Gasteiger partial charge in [0.15, 0.2) is 0 Å². The second-order valence-corrected chi connectivity index (χ2v) is 5.15. The summed E-state index contributed by atoms with van der Waals surface area (Å²) in [5.74, 6) is 1.03. The van der Waals surface area contributed by atoms with E-state index in [1.165, 1.54) is 5.56 Å². The van der Waals surface area contributed by atoms with Crippen molar-refractivity contribution in [2.45, 2.75) is 12.8 Å². The summed E-state index contributed by atoms with van der Waals surface area (Å²) in [5.41, 5.74) is 3.48. The number of halogens is 1. The van der Waals surface area contributed by atoms with Gasteiger partial charge in [-0.2, -0.15) is 0 Å². The van der Waals surface area contributed by atoms with Gasteiger partial charge in [0, 0.05) is 10.9 Å². The van der Waals surface area contributed by atoms with Crippen molar-refractivity contribution in [3.63, 3.8) is 0 Å². The molecule has 2 aromatic rings. The zero-order chi connectivity index (χ0) is 12.4. The van der Waals surface area contributed by atoms with Gasteiger partial charge in [0.25, 0.3) is 0 Å². The molecular weight excluding hydrogens is 288 g/mol. The van der Waals surface area contributed by atoms with Crippen LogP contribution in [0.15, 0.2) is 58.0 Å². The first-order valence-electron chi connectivity index (χ1n) is 6.00. The van der Waals surface area contributed by atoms with E-state index in [-0.39, 0.29) is 0 Å². The minimum atomic E-state index is 0.957. The molecular formula is C15H13BrN2. The Morgan fingerprint density at radius 1 is 0.944 bits per heavy atom. The van der Waals surface area contributed by atoms with Crippen LogP contribution in [-0.4, -0.2) is 5.84 Å². The molecule has 1 aliphatic heterocycles. The van der Waals surface area contributed by atoms with Crippen molar-refractivity contribution in [3.8, 4) is 0 Å². The highest BCUT2D eigenvalue weighted by Gasteiger charge is 2.11. The van der Waals surface area contributed by atoms with Crippen molar-refractivity contribution in [3.05, 3.63) is 58.6 Å². The van der Waals surface area contributed by atoms with E-state index >= 15 is 0 Å². The Morgan fingerprint density at radius 3 is 2.61 bits per heavy atom. The summed E-state index contributed by atoms with van der Waals surface area (Å²) in [4.78, 5) is 4.67. The Bertz CT molecular complexity index is 605. The molecule has 90 valence electrons. The summed E-state index contributed by atoms with van der Waals surface area (Å²) in [6, 6.07) is 16.4. The smallest absolute Gasteiger partial charge is 0.107 e. The van der Waals surface area contributed by atoms with Crippen LogP contribution in [0.1, 0.15) is 12.0 Å². The normalized spacial score (nSPS) is 13.7. The molecule has 0 fully saturated rings. The second-order valence-electron chi connectivity index (χ2n) is 4.29. The van der Waals surface area contributed by atoms with E-state index in [1.807, 2.05) is 30.3 Å². The summed E-state index contributed by atoms with van der Waals surface area (Å²) in [6.07, 6.45) is 2.00. The third kappa shape index (κ3) is 2.31. The van der Waals surface area contributed by atoms with Gasteiger partial charge in [-0.25, -0.2) is 4.99 Å². The predicted molar refractivity (Wildman–Crippen MR) is 79.6 cm³/mol. The fourth-order valence-electron chi connectivity index (χ4n) is 2.09. The number of amidine groups is 1. The highest BCUT2D eigenvalue weighted by Crippen LogP contribution is 2.27. The topological polar surface area (TPSA) is 24.4 Å². The van der Waals surface area contributed by atoms with E-state index in [1.54, 1.807) is 0 Å². The number of fused-ring (bicyclic) bond motifs is 1. The van der Waals surface area contributed by atoms with Gasteiger partial charge < -0.3 is 5.32 Å². The maximum atomic E-state index is 4.67. The number of aliphatic imine (C=N–C) groups is 1. The van der Waals surface area contributed by atoms with Crippen LogP contribution in [0, 0.1) is 0 Å². The fourth-order valence-corrected chi connectivity index (χ4v) is 2.48. The molecule has 1 N–H and O–H groups in total. The van der Waals surface area contributed by atoms with E-state index in [2.05, 4.69) is 44.4 Å². The quantitative estimate of drug-likeness (QED) is 0.821. The van der Waals surface area contributed by atoms with Crippen LogP contribution < -0.4 is 5.32 Å². The van der Waals surface area contributed by atoms with Gasteiger partial charge in [-0.15, -0.1) is 0 Å². The monoisotopic (exact) mass is 300 g/mol. The maximum absolute atomic E-state index is 4.67. The molecule has 0 saturated carbocycles. The van der Waals surface area contributed by atoms with Crippen molar-refractivity contribution in [1.29, 1.82) is 0 Å². The average Bonchev–Trinajstić information content (AvgIpc) is 2.41. The Kier molecular flexibility index (Phi) is 3.15. The standard InChI is InChI=1S/C15H13BrN2/c16-12-6-2-4-8-14(12)18-15-10-9-11-5-1-3-7-13(11)17-15/h1-8H,9-10H2,(H,17,18). The Labute approximate surface area is 115 Å². The number of hydrogen-bond donors (Lipinski definition) is 1. The van der Waals surface area contributed by atoms with E-state index in [4.69, 9.17) is 0 Å². The second kappa shape index (κ2) is 4.94. The number of aryl methyl sites for hydroxylation is 1. The van der Waals surface area contributed by atoms with Crippen LogP contribution in [0.25, 0.3) is 0 Å². The minimum absolute atomic E-state index is 0.957. The van der Waals surface area contributed by atoms with Crippen LogP contribution in [0.2, 0.25) is 0 Å². The summed E-state index contributed by atoms with van der Waals surface area (Å²) >= 11 is 3.54. The molecule has 0 atom stereocenters. The van der Waals surface area contributed by atoms with Crippen molar-refractivity contribution in [2.24, 2.45) is 4.99 Å². The highest BCUT2D eigenvalue weighted by molar-refractivity contribution is 9.10.